The molecule has 108 valence electrons. The molecular weight excluding hydrogens is 266 g/mol. The molecule has 0 heterocycles. The Morgan fingerprint density at radius 3 is 2.42 bits per heavy atom. The van der Waals surface area contributed by atoms with Gasteiger partial charge in [0.2, 0.25) is 10.0 Å². The summed E-state index contributed by atoms with van der Waals surface area (Å²) in [4.78, 5) is 1.97. The van der Waals surface area contributed by atoms with E-state index in [1.54, 1.807) is 0 Å². The lowest BCUT2D eigenvalue weighted by molar-refractivity contribution is 0.199. The number of phenols is 1. The van der Waals surface area contributed by atoms with Gasteiger partial charge in [-0.3, -0.25) is 0 Å². The Balaban J connectivity index is 2.90. The quantitative estimate of drug-likeness (QED) is 0.544. The molecule has 0 radical (unpaired) electrons. The highest BCUT2D eigenvalue weighted by Crippen LogP contribution is 2.23. The zero-order chi connectivity index (χ0) is 14.8. The van der Waals surface area contributed by atoms with Crippen molar-refractivity contribution < 1.29 is 13.5 Å². The molecule has 1 rings (SSSR count). The summed E-state index contributed by atoms with van der Waals surface area (Å²) < 4.78 is 26.7. The zero-order valence-corrected chi connectivity index (χ0v) is 12.5. The molecule has 0 atom stereocenters. The van der Waals surface area contributed by atoms with Crippen molar-refractivity contribution in [2.45, 2.75) is 24.3 Å². The summed E-state index contributed by atoms with van der Waals surface area (Å²) in [6, 6.07) is 3.82. The molecule has 0 bridgehead atoms. The molecule has 0 aliphatic rings. The topological polar surface area (TPSA) is 95.7 Å². The Bertz CT molecular complexity index is 553. The lowest BCUT2D eigenvalue weighted by Crippen LogP contribution is -2.48. The first kappa shape index (κ1) is 15.7. The number of benzene rings is 1. The van der Waals surface area contributed by atoms with Gasteiger partial charge in [0.1, 0.15) is 5.75 Å². The largest absolute Gasteiger partial charge is 0.506 e. The number of rotatable bonds is 5. The normalized spacial score (nSPS) is 12.9. The van der Waals surface area contributed by atoms with Crippen LogP contribution in [0.25, 0.3) is 0 Å². The fourth-order valence-electron chi connectivity index (χ4n) is 1.21. The van der Waals surface area contributed by atoms with E-state index in [0.29, 0.717) is 0 Å². The first-order chi connectivity index (χ1) is 8.56. The van der Waals surface area contributed by atoms with Crippen LogP contribution in [-0.2, 0) is 10.0 Å². The maximum atomic E-state index is 12.1. The second kappa shape index (κ2) is 5.36. The summed E-state index contributed by atoms with van der Waals surface area (Å²) in [5.74, 6) is -0.132. The van der Waals surface area contributed by atoms with Crippen LogP contribution < -0.4 is 10.5 Å². The summed E-state index contributed by atoms with van der Waals surface area (Å²) in [6.07, 6.45) is 0. The lowest BCUT2D eigenvalue weighted by Gasteiger charge is -2.32. The first-order valence-electron chi connectivity index (χ1n) is 5.82. The maximum absolute atomic E-state index is 12.1. The number of nitrogen functional groups attached to an aromatic ring is 1. The molecule has 0 unspecified atom stereocenters. The van der Waals surface area contributed by atoms with Gasteiger partial charge in [-0.1, -0.05) is 0 Å². The van der Waals surface area contributed by atoms with Crippen LogP contribution in [0.4, 0.5) is 5.69 Å². The first-order valence-corrected chi connectivity index (χ1v) is 7.30. The van der Waals surface area contributed by atoms with Gasteiger partial charge in [0.25, 0.3) is 0 Å². The molecule has 0 amide bonds. The number of sulfonamides is 1. The molecule has 7 heteroatoms. The third kappa shape index (κ3) is 3.82. The maximum Gasteiger partial charge on any atom is 0.240 e. The van der Waals surface area contributed by atoms with Crippen LogP contribution in [0, 0.1) is 0 Å². The molecule has 0 saturated carbocycles. The van der Waals surface area contributed by atoms with Crippen molar-refractivity contribution in [1.82, 2.24) is 9.62 Å². The molecule has 0 aliphatic heterocycles. The average Bonchev–Trinajstić information content (AvgIpc) is 2.30. The summed E-state index contributed by atoms with van der Waals surface area (Å²) in [5, 5.41) is 9.29. The van der Waals surface area contributed by atoms with Crippen LogP contribution in [0.5, 0.6) is 5.75 Å². The standard InChI is InChI=1S/C12H21N3O3S/c1-12(2,15(3)4)8-14-19(17,18)9-5-6-11(16)10(13)7-9/h5-7,14,16H,8,13H2,1-4H3. The molecule has 0 saturated heterocycles. The smallest absolute Gasteiger partial charge is 0.240 e. The molecule has 1 aromatic carbocycles. The van der Waals surface area contributed by atoms with Gasteiger partial charge in [0.05, 0.1) is 10.6 Å². The van der Waals surface area contributed by atoms with E-state index in [0.717, 1.165) is 0 Å². The van der Waals surface area contributed by atoms with Crippen LogP contribution in [-0.4, -0.2) is 44.6 Å². The highest BCUT2D eigenvalue weighted by molar-refractivity contribution is 7.89. The van der Waals surface area contributed by atoms with Crippen LogP contribution >= 0.6 is 0 Å². The van der Waals surface area contributed by atoms with E-state index >= 15 is 0 Å². The Labute approximate surface area is 114 Å². The molecule has 0 fully saturated rings. The van der Waals surface area contributed by atoms with Crippen LogP contribution in [0.2, 0.25) is 0 Å². The molecule has 0 aliphatic carbocycles. The van der Waals surface area contributed by atoms with E-state index in [-0.39, 0.29) is 28.4 Å². The zero-order valence-electron chi connectivity index (χ0n) is 11.6. The van der Waals surface area contributed by atoms with Crippen LogP contribution in [0.3, 0.4) is 0 Å². The van der Waals surface area contributed by atoms with Gasteiger partial charge in [-0.2, -0.15) is 0 Å². The predicted molar refractivity (Wildman–Crippen MR) is 75.5 cm³/mol. The highest BCUT2D eigenvalue weighted by Gasteiger charge is 2.24. The Hall–Kier alpha value is -1.31. The predicted octanol–water partition coefficient (Wildman–Crippen LogP) is 0.593. The molecule has 6 nitrogen and oxygen atoms in total. The lowest BCUT2D eigenvalue weighted by atomic mass is 10.1. The SMILES string of the molecule is CN(C)C(C)(C)CNS(=O)(=O)c1ccc(O)c(N)c1. The van der Waals surface area contributed by atoms with Gasteiger partial charge in [-0.15, -0.1) is 0 Å². The molecule has 4 N–H and O–H groups in total. The number of anilines is 1. The van der Waals surface area contributed by atoms with Crippen LogP contribution in [0.15, 0.2) is 23.1 Å². The van der Waals surface area contributed by atoms with E-state index in [1.165, 1.54) is 18.2 Å². The van der Waals surface area contributed by atoms with Crippen molar-refractivity contribution in [2.24, 2.45) is 0 Å². The molecule has 0 aromatic heterocycles. The number of nitrogens with two attached hydrogens (primary N) is 1. The number of phenolic OH excluding ortho intramolecular Hbond substituents is 1. The Morgan fingerprint density at radius 1 is 1.37 bits per heavy atom. The molecule has 0 spiro atoms. The number of hydrogen-bond acceptors (Lipinski definition) is 5. The molecular formula is C12H21N3O3S. The fraction of sp³-hybridized carbons (Fsp3) is 0.500. The van der Waals surface area contributed by atoms with E-state index < -0.39 is 10.0 Å². The molecule has 19 heavy (non-hydrogen) atoms. The van der Waals surface area contributed by atoms with E-state index in [9.17, 15) is 13.5 Å². The summed E-state index contributed by atoms with van der Waals surface area (Å²) in [5.41, 5.74) is 5.22. The van der Waals surface area contributed by atoms with Crippen molar-refractivity contribution in [3.8, 4) is 5.75 Å². The summed E-state index contributed by atoms with van der Waals surface area (Å²) in [6.45, 7) is 4.13. The van der Waals surface area contributed by atoms with Crippen molar-refractivity contribution in [1.29, 1.82) is 0 Å². The third-order valence-electron chi connectivity index (χ3n) is 3.21. The van der Waals surface area contributed by atoms with Gasteiger partial charge in [-0.25, -0.2) is 13.1 Å². The summed E-state index contributed by atoms with van der Waals surface area (Å²) >= 11 is 0. The third-order valence-corrected chi connectivity index (χ3v) is 4.61. The number of nitrogens with one attached hydrogen (secondary N) is 1. The van der Waals surface area contributed by atoms with Crippen molar-refractivity contribution >= 4 is 15.7 Å². The molecule has 1 aromatic rings. The van der Waals surface area contributed by atoms with Gasteiger partial charge >= 0.3 is 0 Å². The number of nitrogens with zero attached hydrogens (tertiary/aromatic N) is 1. The van der Waals surface area contributed by atoms with Gasteiger partial charge in [0.15, 0.2) is 0 Å². The van der Waals surface area contributed by atoms with E-state index in [2.05, 4.69) is 4.72 Å². The minimum atomic E-state index is -3.63. The van der Waals surface area contributed by atoms with E-state index in [1.807, 2.05) is 32.8 Å². The van der Waals surface area contributed by atoms with Crippen molar-refractivity contribution in [3.63, 3.8) is 0 Å². The minimum absolute atomic E-state index is 0.0368. The van der Waals surface area contributed by atoms with Gasteiger partial charge in [-0.05, 0) is 46.1 Å². The monoisotopic (exact) mass is 287 g/mol. The number of hydrogen-bond donors (Lipinski definition) is 3. The fourth-order valence-corrected chi connectivity index (χ4v) is 2.45. The number of likely N-dealkylation sites (N-methyl/N-ethyl adjacent to an activating group) is 1. The van der Waals surface area contributed by atoms with Gasteiger partial charge < -0.3 is 15.7 Å². The second-order valence-corrected chi connectivity index (χ2v) is 7.02. The average molecular weight is 287 g/mol. The minimum Gasteiger partial charge on any atom is -0.506 e. The Kier molecular flexibility index (Phi) is 4.44. The van der Waals surface area contributed by atoms with E-state index in [4.69, 9.17) is 5.73 Å². The highest BCUT2D eigenvalue weighted by atomic mass is 32.2. The van der Waals surface area contributed by atoms with Gasteiger partial charge in [0, 0.05) is 12.1 Å². The number of aromatic hydroxyl groups is 1. The Morgan fingerprint density at radius 2 is 1.95 bits per heavy atom. The second-order valence-electron chi connectivity index (χ2n) is 5.25. The van der Waals surface area contributed by atoms with Crippen molar-refractivity contribution in [3.05, 3.63) is 18.2 Å². The van der Waals surface area contributed by atoms with Crippen LogP contribution in [0.1, 0.15) is 13.8 Å². The summed E-state index contributed by atoms with van der Waals surface area (Å²) in [7, 11) is 0.130. The van der Waals surface area contributed by atoms with Crippen molar-refractivity contribution in [2.75, 3.05) is 26.4 Å².